The molecule has 150 valence electrons. The highest BCUT2D eigenvalue weighted by molar-refractivity contribution is 6.32. The highest BCUT2D eigenvalue weighted by Gasteiger charge is 2.27. The molecule has 0 aliphatic heterocycles. The van der Waals surface area contributed by atoms with Crippen molar-refractivity contribution in [3.05, 3.63) is 64.1 Å². The number of halogens is 2. The van der Waals surface area contributed by atoms with Crippen LogP contribution < -0.4 is 10.1 Å². The summed E-state index contributed by atoms with van der Waals surface area (Å²) in [5, 5.41) is 3.82. The summed E-state index contributed by atoms with van der Waals surface area (Å²) in [6.45, 7) is 5.43. The molecule has 0 unspecified atom stereocenters. The summed E-state index contributed by atoms with van der Waals surface area (Å²) >= 11 is 12.1. The first-order chi connectivity index (χ1) is 13.3. The molecular weight excluding hydrogens is 399 g/mol. The van der Waals surface area contributed by atoms with Crippen LogP contribution in [-0.4, -0.2) is 35.4 Å². The maximum atomic E-state index is 12.9. The van der Waals surface area contributed by atoms with Crippen molar-refractivity contribution in [2.45, 2.75) is 39.4 Å². The van der Waals surface area contributed by atoms with Crippen LogP contribution in [0, 0.1) is 0 Å². The zero-order chi connectivity index (χ0) is 20.7. The minimum Gasteiger partial charge on any atom is -0.482 e. The third-order valence-corrected chi connectivity index (χ3v) is 4.58. The van der Waals surface area contributed by atoms with Crippen LogP contribution in [0.5, 0.6) is 5.75 Å². The summed E-state index contributed by atoms with van der Waals surface area (Å²) in [4.78, 5) is 26.9. The van der Waals surface area contributed by atoms with Gasteiger partial charge in [-0.1, -0.05) is 47.5 Å². The molecule has 0 saturated heterocycles. The average Bonchev–Trinajstić information content (AvgIpc) is 2.64. The molecule has 2 aromatic rings. The zero-order valence-electron chi connectivity index (χ0n) is 16.1. The number of nitrogens with zero attached hydrogens (tertiary/aromatic N) is 1. The molecule has 0 radical (unpaired) electrons. The van der Waals surface area contributed by atoms with Crippen molar-refractivity contribution in [2.75, 3.05) is 6.61 Å². The Balaban J connectivity index is 2.17. The first-order valence-corrected chi connectivity index (χ1v) is 9.75. The molecular formula is C21H24Cl2N2O3. The normalized spacial score (nSPS) is 11.8. The highest BCUT2D eigenvalue weighted by Crippen LogP contribution is 2.23. The van der Waals surface area contributed by atoms with Gasteiger partial charge in [0.25, 0.3) is 5.91 Å². The molecule has 2 rings (SSSR count). The molecule has 0 aliphatic rings. The van der Waals surface area contributed by atoms with Crippen LogP contribution in [-0.2, 0) is 16.1 Å². The lowest BCUT2D eigenvalue weighted by molar-refractivity contribution is -0.142. The number of hydrogen-bond acceptors (Lipinski definition) is 3. The zero-order valence-corrected chi connectivity index (χ0v) is 17.6. The van der Waals surface area contributed by atoms with Gasteiger partial charge in [-0.3, -0.25) is 9.59 Å². The van der Waals surface area contributed by atoms with E-state index in [1.165, 1.54) is 4.90 Å². The molecule has 0 aliphatic carbocycles. The lowest BCUT2D eigenvalue weighted by Crippen LogP contribution is -2.50. The molecule has 1 N–H and O–H groups in total. The highest BCUT2D eigenvalue weighted by atomic mass is 35.5. The maximum Gasteiger partial charge on any atom is 0.261 e. The largest absolute Gasteiger partial charge is 0.482 e. The van der Waals surface area contributed by atoms with Gasteiger partial charge in [-0.05, 0) is 50.6 Å². The average molecular weight is 423 g/mol. The molecule has 2 amide bonds. The number of amides is 2. The molecule has 0 aromatic heterocycles. The van der Waals surface area contributed by atoms with Crippen molar-refractivity contribution in [1.82, 2.24) is 10.2 Å². The molecule has 0 heterocycles. The van der Waals surface area contributed by atoms with Crippen LogP contribution in [0.2, 0.25) is 10.0 Å². The van der Waals surface area contributed by atoms with Gasteiger partial charge in [0.05, 0.1) is 5.02 Å². The van der Waals surface area contributed by atoms with Crippen LogP contribution in [0.25, 0.3) is 0 Å². The predicted octanol–water partition coefficient (Wildman–Crippen LogP) is 4.31. The Labute approximate surface area is 175 Å². The second kappa shape index (κ2) is 10.3. The van der Waals surface area contributed by atoms with E-state index in [4.69, 9.17) is 27.9 Å². The van der Waals surface area contributed by atoms with Gasteiger partial charge in [-0.25, -0.2) is 0 Å². The van der Waals surface area contributed by atoms with Gasteiger partial charge in [0.1, 0.15) is 11.8 Å². The fraction of sp³-hybridized carbons (Fsp3) is 0.333. The lowest BCUT2D eigenvalue weighted by atomic mass is 10.1. The van der Waals surface area contributed by atoms with Gasteiger partial charge in [-0.15, -0.1) is 0 Å². The number of nitrogens with one attached hydrogen (secondary N) is 1. The SMILES string of the molecule is CC(C)NC(=O)[C@@H](C)N(Cc1cccc(Cl)c1)C(=O)COc1ccccc1Cl. The molecule has 0 spiro atoms. The van der Waals surface area contributed by atoms with Crippen LogP contribution >= 0.6 is 23.2 Å². The second-order valence-corrected chi connectivity index (χ2v) is 7.55. The predicted molar refractivity (Wildman–Crippen MR) is 112 cm³/mol. The van der Waals surface area contributed by atoms with Gasteiger partial charge < -0.3 is 15.0 Å². The number of carbonyl (C=O) groups excluding carboxylic acids is 2. The van der Waals surface area contributed by atoms with Crippen molar-refractivity contribution in [3.8, 4) is 5.75 Å². The molecule has 0 bridgehead atoms. The van der Waals surface area contributed by atoms with Crippen LogP contribution in [0.4, 0.5) is 0 Å². The fourth-order valence-electron chi connectivity index (χ4n) is 2.60. The summed E-state index contributed by atoms with van der Waals surface area (Å²) in [5.41, 5.74) is 0.822. The third kappa shape index (κ3) is 6.43. The number of carbonyl (C=O) groups is 2. The van der Waals surface area contributed by atoms with E-state index in [9.17, 15) is 9.59 Å². The van der Waals surface area contributed by atoms with Crippen molar-refractivity contribution < 1.29 is 14.3 Å². The molecule has 1 atom stereocenters. The molecule has 28 heavy (non-hydrogen) atoms. The Morgan fingerprint density at radius 2 is 1.79 bits per heavy atom. The van der Waals surface area contributed by atoms with Crippen LogP contribution in [0.15, 0.2) is 48.5 Å². The Kier molecular flexibility index (Phi) is 8.15. The first-order valence-electron chi connectivity index (χ1n) is 8.99. The van der Waals surface area contributed by atoms with E-state index in [1.54, 1.807) is 49.4 Å². The Bertz CT molecular complexity index is 827. The minimum absolute atomic E-state index is 0.0301. The summed E-state index contributed by atoms with van der Waals surface area (Å²) in [7, 11) is 0. The van der Waals surface area contributed by atoms with E-state index in [-0.39, 0.29) is 31.0 Å². The topological polar surface area (TPSA) is 58.6 Å². The number of hydrogen-bond donors (Lipinski definition) is 1. The van der Waals surface area contributed by atoms with Crippen molar-refractivity contribution in [1.29, 1.82) is 0 Å². The van der Waals surface area contributed by atoms with E-state index in [0.29, 0.717) is 15.8 Å². The van der Waals surface area contributed by atoms with Crippen molar-refractivity contribution in [3.63, 3.8) is 0 Å². The summed E-state index contributed by atoms with van der Waals surface area (Å²) in [6, 6.07) is 13.4. The van der Waals surface area contributed by atoms with E-state index in [1.807, 2.05) is 19.9 Å². The molecule has 2 aromatic carbocycles. The van der Waals surface area contributed by atoms with E-state index in [2.05, 4.69) is 5.32 Å². The van der Waals surface area contributed by atoms with E-state index >= 15 is 0 Å². The van der Waals surface area contributed by atoms with Gasteiger partial charge in [-0.2, -0.15) is 0 Å². The number of benzene rings is 2. The first kappa shape index (κ1) is 22.1. The summed E-state index contributed by atoms with van der Waals surface area (Å²) < 4.78 is 5.57. The lowest BCUT2D eigenvalue weighted by Gasteiger charge is -2.29. The van der Waals surface area contributed by atoms with Gasteiger partial charge in [0.15, 0.2) is 6.61 Å². The monoisotopic (exact) mass is 422 g/mol. The molecule has 5 nitrogen and oxygen atoms in total. The molecule has 0 saturated carbocycles. The standard InChI is InChI=1S/C21H24Cl2N2O3/c1-14(2)24-21(27)15(3)25(12-16-7-6-8-17(22)11-16)20(26)13-28-19-10-5-4-9-18(19)23/h4-11,14-15H,12-13H2,1-3H3,(H,24,27)/t15-/m1/s1. The molecule has 0 fully saturated rings. The van der Waals surface area contributed by atoms with Gasteiger partial charge >= 0.3 is 0 Å². The second-order valence-electron chi connectivity index (χ2n) is 6.71. The molecule has 7 heteroatoms. The Morgan fingerprint density at radius 3 is 2.43 bits per heavy atom. The Morgan fingerprint density at radius 1 is 1.07 bits per heavy atom. The van der Waals surface area contributed by atoms with Crippen molar-refractivity contribution >= 4 is 35.0 Å². The quantitative estimate of drug-likeness (QED) is 0.688. The number of para-hydroxylation sites is 1. The van der Waals surface area contributed by atoms with Gasteiger partial charge in [0.2, 0.25) is 5.91 Å². The van der Waals surface area contributed by atoms with Crippen molar-refractivity contribution in [2.24, 2.45) is 0 Å². The number of ether oxygens (including phenoxy) is 1. The van der Waals surface area contributed by atoms with Gasteiger partial charge in [0, 0.05) is 17.6 Å². The summed E-state index contributed by atoms with van der Waals surface area (Å²) in [6.07, 6.45) is 0. The third-order valence-electron chi connectivity index (χ3n) is 4.03. The number of rotatable bonds is 8. The van der Waals surface area contributed by atoms with Crippen LogP contribution in [0.1, 0.15) is 26.3 Å². The minimum atomic E-state index is -0.677. The van der Waals surface area contributed by atoms with E-state index in [0.717, 1.165) is 5.56 Å². The maximum absolute atomic E-state index is 12.9. The fourth-order valence-corrected chi connectivity index (χ4v) is 3.01. The smallest absolute Gasteiger partial charge is 0.261 e. The van der Waals surface area contributed by atoms with E-state index < -0.39 is 6.04 Å². The summed E-state index contributed by atoms with van der Waals surface area (Å²) in [5.74, 6) is -0.145. The Hall–Kier alpha value is -2.24. The van der Waals surface area contributed by atoms with Crippen LogP contribution in [0.3, 0.4) is 0 Å².